The largest absolute Gasteiger partial charge is 0.407 e. The number of hydrogen-bond acceptors (Lipinski definition) is 4. The van der Waals surface area contributed by atoms with Gasteiger partial charge >= 0.3 is 5.97 Å². The fraction of sp³-hybridized carbons (Fsp3) is 0.0833. The molecule has 16 heavy (non-hydrogen) atoms. The third-order valence-corrected chi connectivity index (χ3v) is 2.05. The summed E-state index contributed by atoms with van der Waals surface area (Å²) in [6.45, 7) is 1.62. The van der Waals surface area contributed by atoms with E-state index in [1.807, 2.05) is 6.07 Å². The molecule has 0 saturated carbocycles. The van der Waals surface area contributed by atoms with E-state index in [1.165, 1.54) is 0 Å². The van der Waals surface area contributed by atoms with Crippen LogP contribution in [0.3, 0.4) is 0 Å². The van der Waals surface area contributed by atoms with Crippen molar-refractivity contribution < 1.29 is 9.53 Å². The van der Waals surface area contributed by atoms with Crippen LogP contribution < -0.4 is 0 Å². The Bertz CT molecular complexity index is 550. The van der Waals surface area contributed by atoms with Gasteiger partial charge in [-0.3, -0.25) is 0 Å². The number of nitrogens with zero attached hydrogens (tertiary/aromatic N) is 2. The summed E-state index contributed by atoms with van der Waals surface area (Å²) >= 11 is 0. The fourth-order valence-corrected chi connectivity index (χ4v) is 1.37. The molecule has 0 spiro atoms. The Morgan fingerprint density at radius 1 is 1.50 bits per heavy atom. The van der Waals surface area contributed by atoms with Crippen LogP contribution in [0.15, 0.2) is 35.0 Å². The summed E-state index contributed by atoms with van der Waals surface area (Å²) in [5.41, 5.74) is 1.55. The average molecular weight is 212 g/mol. The van der Waals surface area contributed by atoms with E-state index in [-0.39, 0.29) is 5.70 Å². The Hall–Kier alpha value is -2.41. The van der Waals surface area contributed by atoms with E-state index in [0.717, 1.165) is 5.56 Å². The lowest BCUT2D eigenvalue weighted by Crippen LogP contribution is -1.99. The molecule has 0 N–H and O–H groups in total. The van der Waals surface area contributed by atoms with Gasteiger partial charge in [0.1, 0.15) is 0 Å². The summed E-state index contributed by atoms with van der Waals surface area (Å²) in [5.74, 6) is -0.118. The maximum Gasteiger partial charge on any atom is 0.363 e. The van der Waals surface area contributed by atoms with Crippen molar-refractivity contribution in [3.8, 4) is 6.07 Å². The van der Waals surface area contributed by atoms with E-state index in [4.69, 9.17) is 10.00 Å². The monoisotopic (exact) mass is 212 g/mol. The molecule has 0 aromatic heterocycles. The van der Waals surface area contributed by atoms with Crippen molar-refractivity contribution >= 4 is 17.9 Å². The Balaban J connectivity index is 2.37. The first-order valence-electron chi connectivity index (χ1n) is 4.68. The van der Waals surface area contributed by atoms with Crippen LogP contribution in [-0.2, 0) is 9.53 Å². The summed E-state index contributed by atoms with van der Waals surface area (Å²) < 4.78 is 4.78. The predicted molar refractivity (Wildman–Crippen MR) is 58.3 cm³/mol. The molecule has 78 valence electrons. The predicted octanol–water partition coefficient (Wildman–Crippen LogP) is 1.87. The third kappa shape index (κ3) is 1.98. The SMILES string of the molecule is CC1=NC(=Cc2cccc(C#N)c2)C(=O)O1. The van der Waals surface area contributed by atoms with E-state index in [1.54, 1.807) is 37.3 Å². The van der Waals surface area contributed by atoms with Crippen molar-refractivity contribution in [3.63, 3.8) is 0 Å². The number of rotatable bonds is 1. The first kappa shape index (κ1) is 10.1. The molecule has 0 unspecified atom stereocenters. The average Bonchev–Trinajstić information content (AvgIpc) is 2.58. The second-order valence-electron chi connectivity index (χ2n) is 3.29. The van der Waals surface area contributed by atoms with E-state index in [0.29, 0.717) is 11.5 Å². The Morgan fingerprint density at radius 2 is 2.31 bits per heavy atom. The normalized spacial score (nSPS) is 16.9. The number of ether oxygens (including phenoxy) is 1. The maximum atomic E-state index is 11.3. The minimum atomic E-state index is -0.458. The molecule has 4 heteroatoms. The van der Waals surface area contributed by atoms with Gasteiger partial charge < -0.3 is 4.74 Å². The second-order valence-corrected chi connectivity index (χ2v) is 3.29. The summed E-state index contributed by atoms with van der Waals surface area (Å²) in [6, 6.07) is 8.96. The molecule has 4 nitrogen and oxygen atoms in total. The van der Waals surface area contributed by atoms with Crippen molar-refractivity contribution in [1.29, 1.82) is 5.26 Å². The molecule has 1 aromatic rings. The number of aliphatic imine (C=N–C) groups is 1. The van der Waals surface area contributed by atoms with E-state index in [9.17, 15) is 4.79 Å². The Labute approximate surface area is 92.5 Å². The number of hydrogen-bond donors (Lipinski definition) is 0. The van der Waals surface area contributed by atoms with Gasteiger partial charge in [-0.1, -0.05) is 12.1 Å². The molecule has 1 heterocycles. The molecule has 0 bridgehead atoms. The zero-order valence-corrected chi connectivity index (χ0v) is 8.60. The topological polar surface area (TPSA) is 62.5 Å². The zero-order chi connectivity index (χ0) is 11.5. The number of cyclic esters (lactones) is 1. The number of carbonyl (C=O) groups excluding carboxylic acids is 1. The summed E-state index contributed by atoms with van der Waals surface area (Å²) in [6.07, 6.45) is 1.60. The highest BCUT2D eigenvalue weighted by atomic mass is 16.6. The van der Waals surface area contributed by atoms with Gasteiger partial charge in [-0.05, 0) is 23.8 Å². The quantitative estimate of drug-likeness (QED) is 0.527. The molecule has 2 rings (SSSR count). The van der Waals surface area contributed by atoms with E-state index >= 15 is 0 Å². The van der Waals surface area contributed by atoms with Crippen LogP contribution in [0.1, 0.15) is 18.1 Å². The van der Waals surface area contributed by atoms with E-state index < -0.39 is 5.97 Å². The van der Waals surface area contributed by atoms with Gasteiger partial charge in [-0.25, -0.2) is 9.79 Å². The van der Waals surface area contributed by atoms with Gasteiger partial charge in [0, 0.05) is 6.92 Å². The number of benzene rings is 1. The fourth-order valence-electron chi connectivity index (χ4n) is 1.37. The van der Waals surface area contributed by atoms with Crippen LogP contribution >= 0.6 is 0 Å². The number of carbonyl (C=O) groups is 1. The lowest BCUT2D eigenvalue weighted by Gasteiger charge is -1.94. The first-order chi connectivity index (χ1) is 7.69. The van der Waals surface area contributed by atoms with Crippen LogP contribution in [0, 0.1) is 11.3 Å². The Morgan fingerprint density at radius 3 is 2.94 bits per heavy atom. The van der Waals surface area contributed by atoms with Crippen molar-refractivity contribution in [2.75, 3.05) is 0 Å². The number of nitriles is 1. The summed E-state index contributed by atoms with van der Waals surface area (Å²) in [7, 11) is 0. The van der Waals surface area contributed by atoms with Crippen LogP contribution in [0.2, 0.25) is 0 Å². The lowest BCUT2D eigenvalue weighted by atomic mass is 10.1. The first-order valence-corrected chi connectivity index (χ1v) is 4.68. The van der Waals surface area contributed by atoms with E-state index in [2.05, 4.69) is 4.99 Å². The highest BCUT2D eigenvalue weighted by molar-refractivity contribution is 6.06. The minimum absolute atomic E-state index is 0.257. The summed E-state index contributed by atoms with van der Waals surface area (Å²) in [4.78, 5) is 15.2. The molecule has 1 aliphatic heterocycles. The lowest BCUT2D eigenvalue weighted by molar-refractivity contribution is -0.130. The minimum Gasteiger partial charge on any atom is -0.407 e. The summed E-state index contributed by atoms with van der Waals surface area (Å²) in [5, 5.41) is 8.73. The van der Waals surface area contributed by atoms with Crippen LogP contribution in [0.25, 0.3) is 6.08 Å². The molecular formula is C12H8N2O2. The molecule has 0 saturated heterocycles. The molecule has 0 fully saturated rings. The Kier molecular flexibility index (Phi) is 2.52. The van der Waals surface area contributed by atoms with Gasteiger partial charge in [-0.2, -0.15) is 5.26 Å². The molecule has 0 atom stereocenters. The second kappa shape index (κ2) is 3.99. The van der Waals surface area contributed by atoms with Gasteiger partial charge in [0.05, 0.1) is 11.6 Å². The van der Waals surface area contributed by atoms with Crippen molar-refractivity contribution in [1.82, 2.24) is 0 Å². The smallest absolute Gasteiger partial charge is 0.363 e. The molecule has 0 radical (unpaired) electrons. The van der Waals surface area contributed by atoms with Crippen molar-refractivity contribution in [2.45, 2.75) is 6.92 Å². The van der Waals surface area contributed by atoms with Gasteiger partial charge in [0.25, 0.3) is 0 Å². The van der Waals surface area contributed by atoms with Crippen molar-refractivity contribution in [3.05, 3.63) is 41.1 Å². The zero-order valence-electron chi connectivity index (χ0n) is 8.60. The molecule has 1 aliphatic rings. The van der Waals surface area contributed by atoms with Crippen LogP contribution in [0.4, 0.5) is 0 Å². The molecule has 0 aliphatic carbocycles. The molecule has 1 aromatic carbocycles. The number of esters is 1. The van der Waals surface area contributed by atoms with Gasteiger partial charge in [-0.15, -0.1) is 0 Å². The van der Waals surface area contributed by atoms with Crippen LogP contribution in [-0.4, -0.2) is 11.9 Å². The van der Waals surface area contributed by atoms with Gasteiger partial charge in [0.2, 0.25) is 0 Å². The standard InChI is InChI=1S/C12H8N2O2/c1-8-14-11(12(15)16-8)6-9-3-2-4-10(5-9)7-13/h2-6H,1H3. The highest BCUT2D eigenvalue weighted by Gasteiger charge is 2.19. The van der Waals surface area contributed by atoms with Gasteiger partial charge in [0.15, 0.2) is 11.6 Å². The van der Waals surface area contributed by atoms with Crippen molar-refractivity contribution in [2.24, 2.45) is 4.99 Å². The highest BCUT2D eigenvalue weighted by Crippen LogP contribution is 2.15. The molecule has 0 amide bonds. The molecular weight excluding hydrogens is 204 g/mol. The van der Waals surface area contributed by atoms with Crippen LogP contribution in [0.5, 0.6) is 0 Å². The third-order valence-electron chi connectivity index (χ3n) is 2.05. The maximum absolute atomic E-state index is 11.3.